The number of likely N-dealkylation sites (tertiary alicyclic amines) is 1. The quantitative estimate of drug-likeness (QED) is 0.541. The molecule has 182 valence electrons. The van der Waals surface area contributed by atoms with Crippen molar-refractivity contribution in [2.45, 2.75) is 45.4 Å². The molecule has 0 radical (unpaired) electrons. The number of hydrazine groups is 1. The Kier molecular flexibility index (Phi) is 8.55. The molecule has 7 nitrogen and oxygen atoms in total. The summed E-state index contributed by atoms with van der Waals surface area (Å²) in [6, 6.07) is 15.2. The second-order valence-electron chi connectivity index (χ2n) is 9.01. The van der Waals surface area contributed by atoms with Crippen molar-refractivity contribution in [2.24, 2.45) is 0 Å². The SMILES string of the molecule is CCCNN(CN1C(=O)CCc2ccc(OCCN3CCCCC3)cc21)C(=O)c1ccccc1. The van der Waals surface area contributed by atoms with E-state index in [1.165, 1.54) is 19.3 Å². The number of piperidine rings is 1. The molecule has 4 rings (SSSR count). The zero-order valence-corrected chi connectivity index (χ0v) is 20.2. The average Bonchev–Trinajstić information content (AvgIpc) is 2.88. The maximum atomic E-state index is 13.2. The zero-order chi connectivity index (χ0) is 23.8. The molecule has 0 bridgehead atoms. The van der Waals surface area contributed by atoms with Crippen molar-refractivity contribution in [3.8, 4) is 5.75 Å². The number of nitrogens with one attached hydrogen (secondary N) is 1. The number of fused-ring (bicyclic) bond motifs is 1. The lowest BCUT2D eigenvalue weighted by molar-refractivity contribution is -0.119. The maximum absolute atomic E-state index is 13.2. The number of anilines is 1. The minimum Gasteiger partial charge on any atom is -0.492 e. The highest BCUT2D eigenvalue weighted by Gasteiger charge is 2.28. The van der Waals surface area contributed by atoms with Crippen LogP contribution >= 0.6 is 0 Å². The lowest BCUT2D eigenvalue weighted by atomic mass is 10.0. The standard InChI is InChI=1S/C27H36N4O3/c1-2-15-28-31(27(33)23-9-5-3-6-10-23)21-30-25-20-24(13-11-22(25)12-14-26(30)32)34-19-18-29-16-7-4-8-17-29/h3,5-6,9-11,13,20,28H,2,4,7-8,12,14-19,21H2,1H3. The van der Waals surface area contributed by atoms with Crippen LogP contribution in [0.2, 0.25) is 0 Å². The highest BCUT2D eigenvalue weighted by molar-refractivity contribution is 5.98. The molecular weight excluding hydrogens is 428 g/mol. The molecule has 1 saturated heterocycles. The number of benzene rings is 2. The van der Waals surface area contributed by atoms with Crippen LogP contribution in [0.3, 0.4) is 0 Å². The van der Waals surface area contributed by atoms with E-state index < -0.39 is 0 Å². The van der Waals surface area contributed by atoms with Gasteiger partial charge in [0.25, 0.3) is 5.91 Å². The Labute approximate surface area is 202 Å². The fourth-order valence-electron chi connectivity index (χ4n) is 4.55. The number of carbonyl (C=O) groups is 2. The Balaban J connectivity index is 1.48. The van der Waals surface area contributed by atoms with Gasteiger partial charge in [-0.15, -0.1) is 0 Å². The normalized spacial score (nSPS) is 16.3. The fraction of sp³-hybridized carbons (Fsp3) is 0.481. The van der Waals surface area contributed by atoms with E-state index in [1.807, 2.05) is 43.3 Å². The Morgan fingerprint density at radius 3 is 2.62 bits per heavy atom. The second kappa shape index (κ2) is 12.0. The number of hydrogen-bond donors (Lipinski definition) is 1. The molecule has 2 aromatic rings. The van der Waals surface area contributed by atoms with E-state index in [0.717, 1.165) is 43.1 Å². The van der Waals surface area contributed by atoms with E-state index in [9.17, 15) is 9.59 Å². The molecule has 2 aromatic carbocycles. The van der Waals surface area contributed by atoms with Crippen LogP contribution in [0.4, 0.5) is 5.69 Å². The van der Waals surface area contributed by atoms with E-state index in [0.29, 0.717) is 31.6 Å². The zero-order valence-electron chi connectivity index (χ0n) is 20.2. The topological polar surface area (TPSA) is 65.1 Å². The second-order valence-corrected chi connectivity index (χ2v) is 9.01. The summed E-state index contributed by atoms with van der Waals surface area (Å²) in [5.74, 6) is 0.628. The van der Waals surface area contributed by atoms with Gasteiger partial charge in [-0.2, -0.15) is 0 Å². The van der Waals surface area contributed by atoms with Crippen molar-refractivity contribution in [3.05, 3.63) is 59.7 Å². The number of carbonyl (C=O) groups excluding carboxylic acids is 2. The summed E-state index contributed by atoms with van der Waals surface area (Å²) in [4.78, 5) is 30.3. The maximum Gasteiger partial charge on any atom is 0.269 e. The van der Waals surface area contributed by atoms with Crippen LogP contribution in [-0.2, 0) is 11.2 Å². The highest BCUT2D eigenvalue weighted by Crippen LogP contribution is 2.32. The van der Waals surface area contributed by atoms with Crippen molar-refractivity contribution < 1.29 is 14.3 Å². The summed E-state index contributed by atoms with van der Waals surface area (Å²) in [5.41, 5.74) is 5.73. The fourth-order valence-corrected chi connectivity index (χ4v) is 4.55. The Hall–Kier alpha value is -2.90. The van der Waals surface area contributed by atoms with Crippen molar-refractivity contribution in [3.63, 3.8) is 0 Å². The molecule has 2 aliphatic rings. The molecule has 0 aromatic heterocycles. The van der Waals surface area contributed by atoms with E-state index in [2.05, 4.69) is 10.3 Å². The first-order valence-corrected chi connectivity index (χ1v) is 12.5. The van der Waals surface area contributed by atoms with Crippen molar-refractivity contribution >= 4 is 17.5 Å². The lowest BCUT2D eigenvalue weighted by Crippen LogP contribution is -2.52. The van der Waals surface area contributed by atoms with Crippen molar-refractivity contribution in [2.75, 3.05) is 44.4 Å². The van der Waals surface area contributed by atoms with E-state index >= 15 is 0 Å². The molecular formula is C27H36N4O3. The van der Waals surface area contributed by atoms with Gasteiger partial charge < -0.3 is 4.74 Å². The van der Waals surface area contributed by atoms with Crippen LogP contribution in [0.1, 0.15) is 54.9 Å². The number of aryl methyl sites for hydroxylation is 1. The third kappa shape index (κ3) is 6.15. The van der Waals surface area contributed by atoms with Gasteiger partial charge in [0.15, 0.2) is 0 Å². The summed E-state index contributed by atoms with van der Waals surface area (Å²) in [5, 5.41) is 1.55. The van der Waals surface area contributed by atoms with Crippen LogP contribution in [0.5, 0.6) is 5.75 Å². The molecule has 1 N–H and O–H groups in total. The van der Waals surface area contributed by atoms with E-state index in [1.54, 1.807) is 22.0 Å². The van der Waals surface area contributed by atoms with Gasteiger partial charge >= 0.3 is 0 Å². The summed E-state index contributed by atoms with van der Waals surface area (Å²) in [7, 11) is 0. The third-order valence-electron chi connectivity index (χ3n) is 6.48. The predicted octanol–water partition coefficient (Wildman–Crippen LogP) is 3.85. The van der Waals surface area contributed by atoms with Gasteiger partial charge in [-0.3, -0.25) is 24.4 Å². The van der Waals surface area contributed by atoms with Crippen LogP contribution in [0, 0.1) is 0 Å². The van der Waals surface area contributed by atoms with Gasteiger partial charge in [-0.1, -0.05) is 37.6 Å². The van der Waals surface area contributed by atoms with Crippen LogP contribution in [0.15, 0.2) is 48.5 Å². The Bertz CT molecular complexity index is 960. The molecule has 34 heavy (non-hydrogen) atoms. The van der Waals surface area contributed by atoms with Gasteiger partial charge in [0.2, 0.25) is 5.91 Å². The van der Waals surface area contributed by atoms with Gasteiger partial charge in [0.05, 0.1) is 5.69 Å². The molecule has 1 fully saturated rings. The molecule has 7 heteroatoms. The summed E-state index contributed by atoms with van der Waals surface area (Å²) in [6.07, 6.45) is 5.86. The van der Waals surface area contributed by atoms with E-state index in [4.69, 9.17) is 4.74 Å². The number of rotatable bonds is 10. The minimum atomic E-state index is -0.150. The molecule has 0 atom stereocenters. The number of amides is 2. The first-order valence-electron chi connectivity index (χ1n) is 12.5. The van der Waals surface area contributed by atoms with Gasteiger partial charge in [0.1, 0.15) is 19.0 Å². The first kappa shape index (κ1) is 24.2. The monoisotopic (exact) mass is 464 g/mol. The highest BCUT2D eigenvalue weighted by atomic mass is 16.5. The predicted molar refractivity (Wildman–Crippen MR) is 134 cm³/mol. The smallest absolute Gasteiger partial charge is 0.269 e. The van der Waals surface area contributed by atoms with Gasteiger partial charge in [-0.25, -0.2) is 5.43 Å². The Morgan fingerprint density at radius 1 is 1.06 bits per heavy atom. The molecule has 2 heterocycles. The average molecular weight is 465 g/mol. The lowest BCUT2D eigenvalue weighted by Gasteiger charge is -2.34. The first-order chi connectivity index (χ1) is 16.7. The van der Waals surface area contributed by atoms with Crippen LogP contribution < -0.4 is 15.1 Å². The minimum absolute atomic E-state index is 0.0159. The molecule has 0 spiro atoms. The largest absolute Gasteiger partial charge is 0.492 e. The molecule has 2 amide bonds. The summed E-state index contributed by atoms with van der Waals surface area (Å²) >= 11 is 0. The molecule has 0 saturated carbocycles. The van der Waals surface area contributed by atoms with E-state index in [-0.39, 0.29) is 18.5 Å². The van der Waals surface area contributed by atoms with Crippen LogP contribution in [0.25, 0.3) is 0 Å². The van der Waals surface area contributed by atoms with Crippen molar-refractivity contribution in [1.29, 1.82) is 0 Å². The number of ether oxygens (including phenoxy) is 1. The molecule has 0 aliphatic carbocycles. The van der Waals surface area contributed by atoms with Gasteiger partial charge in [0, 0.05) is 31.1 Å². The molecule has 0 unspecified atom stereocenters. The Morgan fingerprint density at radius 2 is 1.85 bits per heavy atom. The summed E-state index contributed by atoms with van der Waals surface area (Å²) in [6.45, 7) is 6.68. The summed E-state index contributed by atoms with van der Waals surface area (Å²) < 4.78 is 6.07. The van der Waals surface area contributed by atoms with Crippen LogP contribution in [-0.4, -0.2) is 61.2 Å². The van der Waals surface area contributed by atoms with Crippen molar-refractivity contribution in [1.82, 2.24) is 15.3 Å². The number of hydrogen-bond acceptors (Lipinski definition) is 5. The molecule has 2 aliphatic heterocycles. The van der Waals surface area contributed by atoms with Gasteiger partial charge in [-0.05, 0) is 62.5 Å². The third-order valence-corrected chi connectivity index (χ3v) is 6.48. The number of nitrogens with zero attached hydrogens (tertiary/aromatic N) is 3.